The molecule has 1 aliphatic carbocycles. The fraction of sp³-hybridized carbons (Fsp3) is 0.588. The van der Waals surface area contributed by atoms with Gasteiger partial charge in [-0.2, -0.15) is 0 Å². The van der Waals surface area contributed by atoms with Crippen LogP contribution in [0.4, 0.5) is 0 Å². The zero-order valence-corrected chi connectivity index (χ0v) is 15.0. The summed E-state index contributed by atoms with van der Waals surface area (Å²) in [5.74, 6) is 0.704. The van der Waals surface area contributed by atoms with Crippen molar-refractivity contribution in [3.05, 3.63) is 33.8 Å². The first-order valence-electron chi connectivity index (χ1n) is 7.95. The van der Waals surface area contributed by atoms with Crippen LogP contribution in [0.2, 0.25) is 0 Å². The highest BCUT2D eigenvalue weighted by molar-refractivity contribution is 9.10. The van der Waals surface area contributed by atoms with Crippen molar-refractivity contribution >= 4 is 34.2 Å². The molecule has 4 rings (SSSR count). The van der Waals surface area contributed by atoms with Gasteiger partial charge in [-0.05, 0) is 61.4 Å². The Morgan fingerprint density at radius 3 is 2.86 bits per heavy atom. The minimum Gasteiger partial charge on any atom is -0.338 e. The van der Waals surface area contributed by atoms with Crippen molar-refractivity contribution in [1.29, 1.82) is 0 Å². The molecule has 22 heavy (non-hydrogen) atoms. The molecule has 5 heteroatoms. The minimum atomic E-state index is 0. The SMILES string of the molecule is Cl.O=C(C1CC12CCNCC2)N1CCc2c(Br)cccc2C1. The Hall–Kier alpha value is -0.580. The molecular weight excluding hydrogens is 364 g/mol. The fourth-order valence-corrected chi connectivity index (χ4v) is 4.75. The number of rotatable bonds is 1. The van der Waals surface area contributed by atoms with E-state index in [4.69, 9.17) is 0 Å². The molecule has 120 valence electrons. The normalized spacial score (nSPS) is 25.3. The number of hydrogen-bond donors (Lipinski definition) is 1. The lowest BCUT2D eigenvalue weighted by atomic mass is 9.91. The molecule has 0 bridgehead atoms. The maximum absolute atomic E-state index is 12.8. The quantitative estimate of drug-likeness (QED) is 0.805. The first kappa shape index (κ1) is 16.3. The van der Waals surface area contributed by atoms with E-state index in [0.29, 0.717) is 17.2 Å². The smallest absolute Gasteiger partial charge is 0.226 e. The number of hydrogen-bond acceptors (Lipinski definition) is 2. The summed E-state index contributed by atoms with van der Waals surface area (Å²) in [5, 5.41) is 3.41. The van der Waals surface area contributed by atoms with Gasteiger partial charge < -0.3 is 10.2 Å². The number of amides is 1. The summed E-state index contributed by atoms with van der Waals surface area (Å²) in [6, 6.07) is 6.33. The average molecular weight is 386 g/mol. The molecule has 0 radical (unpaired) electrons. The van der Waals surface area contributed by atoms with Gasteiger partial charge in [-0.25, -0.2) is 0 Å². The molecule has 3 aliphatic rings. The third-order valence-electron chi connectivity index (χ3n) is 5.61. The van der Waals surface area contributed by atoms with Gasteiger partial charge in [0.05, 0.1) is 0 Å². The molecule has 1 aromatic rings. The van der Waals surface area contributed by atoms with Gasteiger partial charge in [-0.3, -0.25) is 4.79 Å². The van der Waals surface area contributed by atoms with E-state index >= 15 is 0 Å². The molecule has 1 spiro atoms. The van der Waals surface area contributed by atoms with Crippen LogP contribution in [-0.4, -0.2) is 30.4 Å². The third kappa shape index (κ3) is 2.70. The van der Waals surface area contributed by atoms with Crippen molar-refractivity contribution in [2.75, 3.05) is 19.6 Å². The lowest BCUT2D eigenvalue weighted by molar-refractivity contribution is -0.134. The van der Waals surface area contributed by atoms with E-state index in [-0.39, 0.29) is 12.4 Å². The Balaban J connectivity index is 0.00000144. The Kier molecular flexibility index (Phi) is 4.54. The molecule has 3 nitrogen and oxygen atoms in total. The zero-order chi connectivity index (χ0) is 14.4. The Labute approximate surface area is 146 Å². The highest BCUT2D eigenvalue weighted by Gasteiger charge is 2.58. The fourth-order valence-electron chi connectivity index (χ4n) is 4.15. The lowest BCUT2D eigenvalue weighted by Gasteiger charge is -2.31. The van der Waals surface area contributed by atoms with Crippen LogP contribution in [-0.2, 0) is 17.8 Å². The number of nitrogens with zero attached hydrogens (tertiary/aromatic N) is 1. The van der Waals surface area contributed by atoms with Crippen molar-refractivity contribution in [2.24, 2.45) is 11.3 Å². The Morgan fingerprint density at radius 2 is 2.09 bits per heavy atom. The molecule has 1 amide bonds. The molecule has 1 aromatic carbocycles. The van der Waals surface area contributed by atoms with Gasteiger partial charge in [0.15, 0.2) is 0 Å². The van der Waals surface area contributed by atoms with Crippen molar-refractivity contribution in [3.63, 3.8) is 0 Å². The first-order chi connectivity index (χ1) is 10.2. The summed E-state index contributed by atoms with van der Waals surface area (Å²) < 4.78 is 1.19. The molecular formula is C17H22BrClN2O. The van der Waals surface area contributed by atoms with E-state index in [9.17, 15) is 4.79 Å². The van der Waals surface area contributed by atoms with Crippen molar-refractivity contribution in [1.82, 2.24) is 10.2 Å². The summed E-state index contributed by atoms with van der Waals surface area (Å²) >= 11 is 3.63. The lowest BCUT2D eigenvalue weighted by Crippen LogP contribution is -2.39. The van der Waals surface area contributed by atoms with E-state index < -0.39 is 0 Å². The Morgan fingerprint density at radius 1 is 1.32 bits per heavy atom. The predicted molar refractivity (Wildman–Crippen MR) is 93.2 cm³/mol. The van der Waals surface area contributed by atoms with Crippen LogP contribution in [0.15, 0.2) is 22.7 Å². The number of nitrogens with one attached hydrogen (secondary N) is 1. The Bertz CT molecular complexity index is 586. The summed E-state index contributed by atoms with van der Waals surface area (Å²) in [4.78, 5) is 14.9. The van der Waals surface area contributed by atoms with Gasteiger partial charge in [0.1, 0.15) is 0 Å². The van der Waals surface area contributed by atoms with E-state index in [1.165, 1.54) is 28.4 Å². The molecule has 1 N–H and O–H groups in total. The topological polar surface area (TPSA) is 32.3 Å². The van der Waals surface area contributed by atoms with Crippen molar-refractivity contribution < 1.29 is 4.79 Å². The molecule has 0 aromatic heterocycles. The second kappa shape index (κ2) is 6.14. The van der Waals surface area contributed by atoms with Crippen LogP contribution >= 0.6 is 28.3 Å². The standard InChI is InChI=1S/C17H21BrN2O.ClH/c18-15-3-1-2-12-11-20(9-4-13(12)15)16(21)14-10-17(14)5-7-19-8-6-17;/h1-3,14,19H,4-11H2;1H. The number of carbonyl (C=O) groups is 1. The number of fused-ring (bicyclic) bond motifs is 1. The van der Waals surface area contributed by atoms with Gasteiger partial charge >= 0.3 is 0 Å². The minimum absolute atomic E-state index is 0. The largest absolute Gasteiger partial charge is 0.338 e. The number of benzene rings is 1. The number of carbonyl (C=O) groups excluding carboxylic acids is 1. The van der Waals surface area contributed by atoms with Crippen LogP contribution in [0, 0.1) is 11.3 Å². The monoisotopic (exact) mass is 384 g/mol. The van der Waals surface area contributed by atoms with Gasteiger partial charge in [0.25, 0.3) is 0 Å². The molecule has 1 saturated carbocycles. The maximum atomic E-state index is 12.8. The van der Waals surface area contributed by atoms with Crippen LogP contribution in [0.3, 0.4) is 0 Å². The summed E-state index contributed by atoms with van der Waals surface area (Å²) in [5.41, 5.74) is 3.04. The van der Waals surface area contributed by atoms with Gasteiger partial charge in [-0.15, -0.1) is 12.4 Å². The summed E-state index contributed by atoms with van der Waals surface area (Å²) in [7, 11) is 0. The van der Waals surface area contributed by atoms with Crippen LogP contribution in [0.5, 0.6) is 0 Å². The van der Waals surface area contributed by atoms with Crippen LogP contribution in [0.25, 0.3) is 0 Å². The second-order valence-corrected chi connectivity index (χ2v) is 7.61. The van der Waals surface area contributed by atoms with E-state index in [1.807, 2.05) is 0 Å². The third-order valence-corrected chi connectivity index (χ3v) is 6.35. The van der Waals surface area contributed by atoms with Gasteiger partial charge in [-0.1, -0.05) is 28.1 Å². The molecule has 2 fully saturated rings. The summed E-state index contributed by atoms with van der Waals surface area (Å²) in [6.45, 7) is 3.83. The number of halogens is 2. The maximum Gasteiger partial charge on any atom is 0.226 e. The molecule has 1 atom stereocenters. The average Bonchev–Trinajstić information content (AvgIpc) is 3.20. The second-order valence-electron chi connectivity index (χ2n) is 6.76. The van der Waals surface area contributed by atoms with Crippen molar-refractivity contribution in [3.8, 4) is 0 Å². The highest BCUT2D eigenvalue weighted by Crippen LogP contribution is 2.59. The predicted octanol–water partition coefficient (Wildman–Crippen LogP) is 3.15. The molecule has 1 saturated heterocycles. The van der Waals surface area contributed by atoms with E-state index in [1.54, 1.807) is 0 Å². The van der Waals surface area contributed by atoms with Crippen LogP contribution in [0.1, 0.15) is 30.4 Å². The molecule has 1 unspecified atom stereocenters. The van der Waals surface area contributed by atoms with Gasteiger partial charge in [0.2, 0.25) is 5.91 Å². The zero-order valence-electron chi connectivity index (χ0n) is 12.6. The highest BCUT2D eigenvalue weighted by atomic mass is 79.9. The van der Waals surface area contributed by atoms with E-state index in [0.717, 1.165) is 39.0 Å². The van der Waals surface area contributed by atoms with Crippen LogP contribution < -0.4 is 5.32 Å². The molecule has 2 aliphatic heterocycles. The first-order valence-corrected chi connectivity index (χ1v) is 8.75. The number of piperidine rings is 1. The van der Waals surface area contributed by atoms with Gasteiger partial charge in [0, 0.05) is 23.5 Å². The van der Waals surface area contributed by atoms with Crippen molar-refractivity contribution in [2.45, 2.75) is 32.2 Å². The van der Waals surface area contributed by atoms with E-state index in [2.05, 4.69) is 44.3 Å². The molecule has 2 heterocycles. The summed E-state index contributed by atoms with van der Waals surface area (Å²) in [6.07, 6.45) is 4.46.